The Morgan fingerprint density at radius 2 is 1.57 bits per heavy atom. The fourth-order valence-electron chi connectivity index (χ4n) is 6.29. The van der Waals surface area contributed by atoms with Crippen LogP contribution in [-0.4, -0.2) is 17.6 Å². The monoisotopic (exact) mass is 734 g/mol. The molecule has 0 unspecified atom stereocenters. The number of hydrogen-bond donors (Lipinski definition) is 0. The van der Waals surface area contributed by atoms with Crippen molar-refractivity contribution < 1.29 is 20.1 Å². The average molecular weight is 734 g/mol. The maximum absolute atomic E-state index is 4.22. The van der Waals surface area contributed by atoms with E-state index in [2.05, 4.69) is 118 Å². The standard InChI is InChI=1S/C26H33N3.C11H8N.Ir/c1-24(2,3)29-16-28-22-15-18-17(25(4,5)12-13-26(18,6)7)14-21(22)27(8)19-10-9-11-20(29)23(19)28;1-2-6-10(7-3-1)11-8-4-5-9-12-11;/h9-11,14,16H,12-13H2,1-8H3;1-6,8-9H;/q-2;-1;+3. The molecule has 4 nitrogen and oxygen atoms in total. The van der Waals surface area contributed by atoms with Crippen LogP contribution in [0.2, 0.25) is 0 Å². The Hall–Kier alpha value is -3.14. The van der Waals surface area contributed by atoms with Crippen LogP contribution < -0.4 is 14.7 Å². The number of para-hydroxylation sites is 1. The fraction of sp³-hybridized carbons (Fsp3) is 0.351. The van der Waals surface area contributed by atoms with Gasteiger partial charge in [0.05, 0.1) is 11.4 Å². The van der Waals surface area contributed by atoms with E-state index in [-0.39, 0.29) is 36.5 Å². The van der Waals surface area contributed by atoms with E-state index in [0.717, 1.165) is 11.3 Å². The van der Waals surface area contributed by atoms with Crippen molar-refractivity contribution in [1.82, 2.24) is 4.98 Å². The summed E-state index contributed by atoms with van der Waals surface area (Å²) in [5, 5.41) is 0. The Morgan fingerprint density at radius 1 is 0.857 bits per heavy atom. The molecule has 0 fully saturated rings. The molecule has 1 aromatic heterocycles. The van der Waals surface area contributed by atoms with Crippen molar-refractivity contribution in [2.45, 2.75) is 77.7 Å². The molecule has 0 radical (unpaired) electrons. The molecule has 0 spiro atoms. The summed E-state index contributed by atoms with van der Waals surface area (Å²) in [6.07, 6.45) is 4.21. The topological polar surface area (TPSA) is 22.6 Å². The second-order valence-corrected chi connectivity index (χ2v) is 13.8. The molecule has 0 saturated carbocycles. The van der Waals surface area contributed by atoms with Gasteiger partial charge in [-0.05, 0) is 69.2 Å². The number of anilines is 5. The molecule has 5 heteroatoms. The molecule has 3 aromatic carbocycles. The summed E-state index contributed by atoms with van der Waals surface area (Å²) in [5.41, 5.74) is 11.5. The van der Waals surface area contributed by atoms with E-state index in [1.165, 1.54) is 52.4 Å². The van der Waals surface area contributed by atoms with Crippen LogP contribution in [0.15, 0.2) is 72.9 Å². The van der Waals surface area contributed by atoms with E-state index in [9.17, 15) is 0 Å². The predicted molar refractivity (Wildman–Crippen MR) is 172 cm³/mol. The third kappa shape index (κ3) is 5.16. The normalized spacial score (nSPS) is 17.3. The van der Waals surface area contributed by atoms with Gasteiger partial charge in [-0.2, -0.15) is 18.3 Å². The van der Waals surface area contributed by atoms with Crippen LogP contribution in [-0.2, 0) is 30.9 Å². The molecule has 2 aliphatic heterocycles. The van der Waals surface area contributed by atoms with Crippen molar-refractivity contribution in [3.05, 3.63) is 103 Å². The molecule has 0 saturated heterocycles. The van der Waals surface area contributed by atoms with Crippen LogP contribution in [0.5, 0.6) is 0 Å². The number of hydrogen-bond acceptors (Lipinski definition) is 4. The quantitative estimate of drug-likeness (QED) is 0.182. The summed E-state index contributed by atoms with van der Waals surface area (Å²) in [4.78, 5) is 11.4. The number of pyridine rings is 1. The molecule has 1 aliphatic carbocycles. The first-order chi connectivity index (χ1) is 19.4. The molecule has 0 atom stereocenters. The minimum atomic E-state index is 0. The van der Waals surface area contributed by atoms with Gasteiger partial charge in [0, 0.05) is 17.4 Å². The largest absolute Gasteiger partial charge is 3.00 e. The zero-order chi connectivity index (χ0) is 29.2. The van der Waals surface area contributed by atoms with E-state index >= 15 is 0 Å². The van der Waals surface area contributed by atoms with Crippen LogP contribution in [0.25, 0.3) is 11.3 Å². The van der Waals surface area contributed by atoms with Gasteiger partial charge in [0.2, 0.25) is 0 Å². The van der Waals surface area contributed by atoms with E-state index in [1.807, 2.05) is 42.5 Å². The van der Waals surface area contributed by atoms with Gasteiger partial charge in [0.1, 0.15) is 0 Å². The number of nitrogens with zero attached hydrogens (tertiary/aromatic N) is 4. The van der Waals surface area contributed by atoms with Crippen molar-refractivity contribution in [2.24, 2.45) is 0 Å². The van der Waals surface area contributed by atoms with Gasteiger partial charge in [-0.15, -0.1) is 47.5 Å². The van der Waals surface area contributed by atoms with Crippen LogP contribution in [0.4, 0.5) is 28.4 Å². The maximum atomic E-state index is 4.22. The average Bonchev–Trinajstić information content (AvgIpc) is 3.36. The Morgan fingerprint density at radius 3 is 2.24 bits per heavy atom. The summed E-state index contributed by atoms with van der Waals surface area (Å²) < 4.78 is 0. The summed E-state index contributed by atoms with van der Waals surface area (Å²) >= 11 is 0. The number of fused-ring (bicyclic) bond motifs is 3. The van der Waals surface area contributed by atoms with E-state index in [4.69, 9.17) is 0 Å². The second-order valence-electron chi connectivity index (χ2n) is 13.8. The number of benzene rings is 3. The third-order valence-corrected chi connectivity index (χ3v) is 8.88. The van der Waals surface area contributed by atoms with Gasteiger partial charge in [0.25, 0.3) is 0 Å². The van der Waals surface area contributed by atoms with Gasteiger partial charge in [-0.3, -0.25) is 0 Å². The van der Waals surface area contributed by atoms with Crippen molar-refractivity contribution in [1.29, 1.82) is 0 Å². The van der Waals surface area contributed by atoms with E-state index < -0.39 is 0 Å². The Bertz CT molecular complexity index is 1530. The molecule has 0 amide bonds. The van der Waals surface area contributed by atoms with Gasteiger partial charge in [-0.25, -0.2) is 0 Å². The van der Waals surface area contributed by atoms with Crippen molar-refractivity contribution >= 4 is 28.4 Å². The molecule has 218 valence electrons. The molecule has 42 heavy (non-hydrogen) atoms. The maximum Gasteiger partial charge on any atom is 3.00 e. The molecule has 3 heterocycles. The SMILES string of the molecule is CN1c2cc3c([c-]c2N2[CH-]N(C(C)(C)C)c4cccc1c42)C(C)(C)CCC3(C)C.[Ir+3].[c-]1ccccc1-c1ccccn1. The minimum absolute atomic E-state index is 0. The summed E-state index contributed by atoms with van der Waals surface area (Å²) in [6.45, 7) is 18.6. The smallest absolute Gasteiger partial charge is 0.497 e. The van der Waals surface area contributed by atoms with Gasteiger partial charge in [0.15, 0.2) is 0 Å². The zero-order valence-electron chi connectivity index (χ0n) is 26.0. The first-order valence-electron chi connectivity index (χ1n) is 14.7. The van der Waals surface area contributed by atoms with E-state index in [1.54, 1.807) is 6.20 Å². The molecule has 3 aliphatic rings. The molecular weight excluding hydrogens is 693 g/mol. The first-order valence-corrected chi connectivity index (χ1v) is 14.7. The Labute approximate surface area is 266 Å². The van der Waals surface area contributed by atoms with Crippen LogP contribution in [0.1, 0.15) is 72.4 Å². The van der Waals surface area contributed by atoms with Crippen LogP contribution in [0, 0.1) is 18.8 Å². The molecule has 0 N–H and O–H groups in total. The summed E-state index contributed by atoms with van der Waals surface area (Å²) in [5.74, 6) is 0. The van der Waals surface area contributed by atoms with Gasteiger partial charge >= 0.3 is 20.1 Å². The minimum Gasteiger partial charge on any atom is -0.497 e. The number of aromatic nitrogens is 1. The second kappa shape index (κ2) is 10.8. The first kappa shape index (κ1) is 30.3. The summed E-state index contributed by atoms with van der Waals surface area (Å²) in [7, 11) is 2.20. The molecule has 0 bridgehead atoms. The Balaban J connectivity index is 0.000000228. The van der Waals surface area contributed by atoms with Crippen molar-refractivity contribution in [2.75, 3.05) is 21.7 Å². The molecular formula is C37H41IrN4. The summed E-state index contributed by atoms with van der Waals surface area (Å²) in [6, 6.07) is 29.9. The van der Waals surface area contributed by atoms with Gasteiger partial charge < -0.3 is 19.7 Å². The Kier molecular flexibility index (Phi) is 7.83. The van der Waals surface area contributed by atoms with Crippen LogP contribution in [0.3, 0.4) is 0 Å². The van der Waals surface area contributed by atoms with Crippen molar-refractivity contribution in [3.8, 4) is 11.3 Å². The predicted octanol–water partition coefficient (Wildman–Crippen LogP) is 9.34. The molecule has 4 aromatic rings. The van der Waals surface area contributed by atoms with E-state index in [0.29, 0.717) is 0 Å². The van der Waals surface area contributed by atoms with Crippen LogP contribution >= 0.6 is 0 Å². The molecule has 7 rings (SSSR count). The third-order valence-electron chi connectivity index (χ3n) is 8.88. The fourth-order valence-corrected chi connectivity index (χ4v) is 6.29. The number of rotatable bonds is 1. The zero-order valence-corrected chi connectivity index (χ0v) is 28.4. The van der Waals surface area contributed by atoms with Crippen molar-refractivity contribution in [3.63, 3.8) is 0 Å². The van der Waals surface area contributed by atoms with Gasteiger partial charge in [-0.1, -0.05) is 63.4 Å².